The van der Waals surface area contributed by atoms with Gasteiger partial charge in [0.25, 0.3) is 5.91 Å². The van der Waals surface area contributed by atoms with Gasteiger partial charge in [-0.15, -0.1) is 0 Å². The lowest BCUT2D eigenvalue weighted by Gasteiger charge is -2.32. The second kappa shape index (κ2) is 9.98. The van der Waals surface area contributed by atoms with Gasteiger partial charge in [0.15, 0.2) is 11.9 Å². The molecule has 38 heavy (non-hydrogen) atoms. The van der Waals surface area contributed by atoms with Gasteiger partial charge < -0.3 is 9.30 Å². The first-order valence-electron chi connectivity index (χ1n) is 12.8. The summed E-state index contributed by atoms with van der Waals surface area (Å²) in [6.45, 7) is 1.11. The van der Waals surface area contributed by atoms with Crippen molar-refractivity contribution in [2.75, 3.05) is 13.1 Å². The zero-order valence-electron chi connectivity index (χ0n) is 20.5. The Morgan fingerprint density at radius 1 is 1.08 bits per heavy atom. The van der Waals surface area contributed by atoms with Crippen LogP contribution in [0.1, 0.15) is 54.1 Å². The highest BCUT2D eigenvalue weighted by Gasteiger charge is 2.32. The van der Waals surface area contributed by atoms with E-state index in [0.29, 0.717) is 42.2 Å². The van der Waals surface area contributed by atoms with E-state index in [2.05, 4.69) is 5.43 Å². The average molecular weight is 558 g/mol. The van der Waals surface area contributed by atoms with Crippen molar-refractivity contribution in [1.82, 2.24) is 15.0 Å². The Bertz CT molecular complexity index is 1510. The van der Waals surface area contributed by atoms with Crippen LogP contribution in [0.25, 0.3) is 10.9 Å². The molecule has 6 rings (SSSR count). The number of ketones is 1. The van der Waals surface area contributed by atoms with E-state index in [4.69, 9.17) is 27.9 Å². The van der Waals surface area contributed by atoms with Crippen molar-refractivity contribution < 1.29 is 18.7 Å². The number of piperidine rings is 1. The van der Waals surface area contributed by atoms with Gasteiger partial charge in [-0.2, -0.15) is 0 Å². The van der Waals surface area contributed by atoms with Gasteiger partial charge in [0.2, 0.25) is 5.43 Å². The fourth-order valence-electron chi connectivity index (χ4n) is 5.43. The topological polar surface area (TPSA) is 80.6 Å². The summed E-state index contributed by atoms with van der Waals surface area (Å²) in [5.74, 6) is -0.239. The van der Waals surface area contributed by atoms with E-state index < -0.39 is 23.3 Å². The Labute approximate surface area is 228 Å². The van der Waals surface area contributed by atoms with E-state index in [1.807, 2.05) is 10.6 Å². The first-order chi connectivity index (χ1) is 18.3. The summed E-state index contributed by atoms with van der Waals surface area (Å²) < 4.78 is 21.9. The van der Waals surface area contributed by atoms with Gasteiger partial charge in [0, 0.05) is 48.6 Å². The van der Waals surface area contributed by atoms with Crippen LogP contribution >= 0.6 is 23.2 Å². The summed E-state index contributed by atoms with van der Waals surface area (Å²) in [7, 11) is 0. The van der Waals surface area contributed by atoms with Crippen LogP contribution in [0.3, 0.4) is 0 Å². The van der Waals surface area contributed by atoms with Crippen LogP contribution in [0.5, 0.6) is 5.75 Å². The van der Waals surface area contributed by atoms with Crippen molar-refractivity contribution >= 4 is 45.8 Å². The summed E-state index contributed by atoms with van der Waals surface area (Å²) in [5, 5.41) is 2.49. The minimum absolute atomic E-state index is 0.0264. The van der Waals surface area contributed by atoms with Gasteiger partial charge in [-0.3, -0.25) is 19.8 Å². The molecule has 0 bridgehead atoms. The molecule has 3 heterocycles. The van der Waals surface area contributed by atoms with Gasteiger partial charge in [0.1, 0.15) is 17.1 Å². The molecule has 1 saturated heterocycles. The Morgan fingerprint density at radius 2 is 1.84 bits per heavy atom. The second-order valence-electron chi connectivity index (χ2n) is 10.4. The van der Waals surface area contributed by atoms with E-state index in [-0.39, 0.29) is 33.7 Å². The molecule has 2 aromatic carbocycles. The highest BCUT2D eigenvalue weighted by atomic mass is 35.5. The van der Waals surface area contributed by atoms with Crippen LogP contribution in [0, 0.1) is 11.7 Å². The van der Waals surface area contributed by atoms with E-state index >= 15 is 0 Å². The molecule has 3 aliphatic rings. The lowest BCUT2D eigenvalue weighted by Crippen LogP contribution is -2.48. The minimum Gasteiger partial charge on any atom is -0.482 e. The number of carbonyl (C=O) groups is 2. The maximum atomic E-state index is 14.2. The number of amides is 1. The number of ether oxygens (including phenoxy) is 1. The number of hydrogen-bond acceptors (Lipinski definition) is 5. The molecule has 7 nitrogen and oxygen atoms in total. The first-order valence-corrected chi connectivity index (χ1v) is 13.6. The predicted octanol–water partition coefficient (Wildman–Crippen LogP) is 5.10. The normalized spacial score (nSPS) is 19.8. The lowest BCUT2D eigenvalue weighted by molar-refractivity contribution is -0.126. The van der Waals surface area contributed by atoms with Crippen LogP contribution in [0.15, 0.2) is 41.3 Å². The van der Waals surface area contributed by atoms with Crippen LogP contribution in [-0.2, 0) is 11.2 Å². The summed E-state index contributed by atoms with van der Waals surface area (Å²) in [5.41, 5.74) is 3.77. The maximum absolute atomic E-state index is 14.2. The molecule has 2 aliphatic heterocycles. The number of nitrogens with zero attached hydrogens (tertiary/aromatic N) is 2. The molecule has 0 radical (unpaired) electrons. The summed E-state index contributed by atoms with van der Waals surface area (Å²) >= 11 is 12.0. The lowest BCUT2D eigenvalue weighted by atomic mass is 9.90. The third-order valence-electron chi connectivity index (χ3n) is 7.68. The molecule has 1 amide bonds. The van der Waals surface area contributed by atoms with Crippen LogP contribution in [-0.4, -0.2) is 40.5 Å². The monoisotopic (exact) mass is 557 g/mol. The Kier molecular flexibility index (Phi) is 6.66. The molecule has 1 N–H and O–H groups in total. The third kappa shape index (κ3) is 4.93. The minimum atomic E-state index is -0.691. The number of fused-ring (bicyclic) bond motifs is 2. The molecule has 3 aromatic rings. The summed E-state index contributed by atoms with van der Waals surface area (Å²) in [6.07, 6.45) is 5.32. The number of halogens is 3. The number of benzene rings is 2. The predicted molar refractivity (Wildman–Crippen MR) is 142 cm³/mol. The zero-order valence-corrected chi connectivity index (χ0v) is 22.0. The molecular weight excluding hydrogens is 532 g/mol. The Morgan fingerprint density at radius 3 is 2.58 bits per heavy atom. The zero-order chi connectivity index (χ0) is 26.6. The van der Waals surface area contributed by atoms with Crippen LogP contribution in [0.2, 0.25) is 10.0 Å². The van der Waals surface area contributed by atoms with Gasteiger partial charge in [-0.1, -0.05) is 23.2 Å². The van der Waals surface area contributed by atoms with Crippen molar-refractivity contribution in [3.63, 3.8) is 0 Å². The number of aromatic nitrogens is 1. The molecule has 2 fully saturated rings. The smallest absolute Gasteiger partial charge is 0.271 e. The molecular formula is C28H26Cl2FN3O4. The van der Waals surface area contributed by atoms with E-state index in [9.17, 15) is 18.8 Å². The second-order valence-corrected chi connectivity index (χ2v) is 11.2. The first kappa shape index (κ1) is 25.3. The molecule has 198 valence electrons. The molecule has 1 saturated carbocycles. The molecule has 1 atom stereocenters. The van der Waals surface area contributed by atoms with Crippen molar-refractivity contribution in [2.24, 2.45) is 5.92 Å². The average Bonchev–Trinajstić information content (AvgIpc) is 3.64. The molecule has 1 aromatic heterocycles. The fraction of sp³-hybridized carbons (Fsp3) is 0.393. The fourth-order valence-corrected chi connectivity index (χ4v) is 5.78. The van der Waals surface area contributed by atoms with Crippen LogP contribution in [0.4, 0.5) is 4.39 Å². The van der Waals surface area contributed by atoms with Crippen LogP contribution < -0.4 is 15.6 Å². The standard InChI is InChI=1S/C28H26Cl2FN3O4/c29-17-1-4-25-16(10-17)11-26(38-25)24(35)9-15-5-7-33(8-6-15)32-28(37)20-14-34(18-2-3-18)23-13-21(30)22(31)12-19(23)27(20)36/h1,4,10,12-15,18,26H,2-3,5-9,11H2,(H,32,37). The van der Waals surface area contributed by atoms with E-state index in [0.717, 1.165) is 37.3 Å². The van der Waals surface area contributed by atoms with Crippen molar-refractivity contribution in [1.29, 1.82) is 0 Å². The number of rotatable bonds is 6. The number of carbonyl (C=O) groups excluding carboxylic acids is 2. The number of Topliss-reactive ketones (excluding diaryl/α,β-unsaturated/α-hetero) is 1. The Hall–Kier alpha value is -2.94. The third-order valence-corrected chi connectivity index (χ3v) is 8.20. The highest BCUT2D eigenvalue weighted by Crippen LogP contribution is 2.38. The van der Waals surface area contributed by atoms with Gasteiger partial charge >= 0.3 is 0 Å². The number of hydrazine groups is 1. The van der Waals surface area contributed by atoms with Crippen molar-refractivity contribution in [3.8, 4) is 5.75 Å². The van der Waals surface area contributed by atoms with Gasteiger partial charge in [-0.25, -0.2) is 9.40 Å². The molecule has 0 spiro atoms. The van der Waals surface area contributed by atoms with E-state index in [1.165, 1.54) is 6.07 Å². The van der Waals surface area contributed by atoms with Crippen molar-refractivity contribution in [2.45, 2.75) is 50.7 Å². The summed E-state index contributed by atoms with van der Waals surface area (Å²) in [4.78, 5) is 39.1. The molecule has 10 heteroatoms. The van der Waals surface area contributed by atoms with E-state index in [1.54, 1.807) is 23.3 Å². The highest BCUT2D eigenvalue weighted by molar-refractivity contribution is 6.31. The maximum Gasteiger partial charge on any atom is 0.271 e. The number of nitrogens with one attached hydrogen (secondary N) is 1. The molecule has 1 aliphatic carbocycles. The Balaban J connectivity index is 1.08. The SMILES string of the molecule is O=C(NN1CCC(CC(=O)C2Cc3cc(Cl)ccc3O2)CC1)c1cn(C2CC2)c2cc(Cl)c(F)cc2c1=O. The van der Waals surface area contributed by atoms with Crippen molar-refractivity contribution in [3.05, 3.63) is 73.7 Å². The van der Waals surface area contributed by atoms with Gasteiger partial charge in [0.05, 0.1) is 10.5 Å². The quantitative estimate of drug-likeness (QED) is 0.456. The van der Waals surface area contributed by atoms with Gasteiger partial charge in [-0.05, 0) is 67.5 Å². The largest absolute Gasteiger partial charge is 0.482 e. The number of hydrogen-bond donors (Lipinski definition) is 1. The summed E-state index contributed by atoms with van der Waals surface area (Å²) in [6, 6.07) is 8.11. The molecule has 1 unspecified atom stereocenters. The number of pyridine rings is 1.